The lowest BCUT2D eigenvalue weighted by molar-refractivity contribution is 0.583. The van der Waals surface area contributed by atoms with Crippen LogP contribution in [0.4, 0.5) is 0 Å². The Morgan fingerprint density at radius 3 is 2.78 bits per heavy atom. The van der Waals surface area contributed by atoms with Crippen molar-refractivity contribution in [1.29, 1.82) is 0 Å². The number of hydrogen-bond donors (Lipinski definition) is 0. The van der Waals surface area contributed by atoms with Gasteiger partial charge >= 0.3 is 0 Å². The van der Waals surface area contributed by atoms with Gasteiger partial charge in [0.15, 0.2) is 0 Å². The zero-order valence-electron chi connectivity index (χ0n) is 14.0. The molecule has 5 nitrogen and oxygen atoms in total. The monoisotopic (exact) mass is 309 g/mol. The second-order valence-corrected chi connectivity index (χ2v) is 5.86. The minimum atomic E-state index is 0.766. The van der Waals surface area contributed by atoms with Crippen LogP contribution in [0.3, 0.4) is 0 Å². The molecule has 0 aliphatic carbocycles. The SMILES string of the molecule is CCc1nccn1CCc1nc(C)nn1Cc1cccc(C)c1. The number of benzene rings is 1. The highest BCUT2D eigenvalue weighted by atomic mass is 15.3. The maximum atomic E-state index is 4.60. The molecule has 0 saturated carbocycles. The lowest BCUT2D eigenvalue weighted by Crippen LogP contribution is -2.11. The van der Waals surface area contributed by atoms with E-state index < -0.39 is 0 Å². The van der Waals surface area contributed by atoms with Crippen LogP contribution >= 0.6 is 0 Å². The zero-order chi connectivity index (χ0) is 16.2. The molecule has 2 aromatic heterocycles. The molecular weight excluding hydrogens is 286 g/mol. The van der Waals surface area contributed by atoms with Gasteiger partial charge in [0.2, 0.25) is 0 Å². The van der Waals surface area contributed by atoms with Gasteiger partial charge in [-0.25, -0.2) is 14.6 Å². The zero-order valence-corrected chi connectivity index (χ0v) is 14.0. The highest BCUT2D eigenvalue weighted by Gasteiger charge is 2.09. The topological polar surface area (TPSA) is 48.5 Å². The Labute approximate surface area is 137 Å². The number of hydrogen-bond acceptors (Lipinski definition) is 3. The fourth-order valence-corrected chi connectivity index (χ4v) is 2.87. The summed E-state index contributed by atoms with van der Waals surface area (Å²) >= 11 is 0. The largest absolute Gasteiger partial charge is 0.334 e. The third-order valence-corrected chi connectivity index (χ3v) is 3.96. The molecule has 0 amide bonds. The summed E-state index contributed by atoms with van der Waals surface area (Å²) < 4.78 is 4.22. The second-order valence-electron chi connectivity index (χ2n) is 5.86. The minimum Gasteiger partial charge on any atom is -0.334 e. The number of imidazole rings is 1. The molecular formula is C18H23N5. The quantitative estimate of drug-likeness (QED) is 0.703. The van der Waals surface area contributed by atoms with Crippen molar-refractivity contribution in [3.05, 3.63) is 65.3 Å². The van der Waals surface area contributed by atoms with Gasteiger partial charge in [0, 0.05) is 31.8 Å². The summed E-state index contributed by atoms with van der Waals surface area (Å²) in [5, 5.41) is 4.56. The predicted octanol–water partition coefficient (Wildman–Crippen LogP) is 2.94. The van der Waals surface area contributed by atoms with E-state index in [1.807, 2.05) is 24.0 Å². The van der Waals surface area contributed by atoms with E-state index in [-0.39, 0.29) is 0 Å². The first-order valence-corrected chi connectivity index (χ1v) is 8.11. The summed E-state index contributed by atoms with van der Waals surface area (Å²) in [5.74, 6) is 2.97. The number of aromatic nitrogens is 5. The molecule has 2 heterocycles. The average Bonchev–Trinajstić information content (AvgIpc) is 3.11. The summed E-state index contributed by atoms with van der Waals surface area (Å²) in [6.45, 7) is 7.84. The molecule has 0 bridgehead atoms. The van der Waals surface area contributed by atoms with Crippen LogP contribution in [0.25, 0.3) is 0 Å². The lowest BCUT2D eigenvalue weighted by atomic mass is 10.1. The molecule has 0 saturated heterocycles. The second kappa shape index (κ2) is 6.77. The van der Waals surface area contributed by atoms with Crippen molar-refractivity contribution in [2.24, 2.45) is 0 Å². The third kappa shape index (κ3) is 3.67. The lowest BCUT2D eigenvalue weighted by Gasteiger charge is -2.09. The Balaban J connectivity index is 1.75. The maximum Gasteiger partial charge on any atom is 0.147 e. The van der Waals surface area contributed by atoms with Gasteiger partial charge in [0.25, 0.3) is 0 Å². The van der Waals surface area contributed by atoms with Crippen molar-refractivity contribution in [2.45, 2.75) is 46.7 Å². The Kier molecular flexibility index (Phi) is 4.55. The predicted molar refractivity (Wildman–Crippen MR) is 90.3 cm³/mol. The van der Waals surface area contributed by atoms with Crippen LogP contribution in [0, 0.1) is 13.8 Å². The van der Waals surface area contributed by atoms with Crippen LogP contribution in [-0.2, 0) is 25.9 Å². The molecule has 0 fully saturated rings. The van der Waals surface area contributed by atoms with E-state index in [0.29, 0.717) is 0 Å². The number of aryl methyl sites for hydroxylation is 5. The molecule has 23 heavy (non-hydrogen) atoms. The Bertz CT molecular complexity index is 784. The Hall–Kier alpha value is -2.43. The van der Waals surface area contributed by atoms with E-state index in [4.69, 9.17) is 0 Å². The first-order chi connectivity index (χ1) is 11.2. The van der Waals surface area contributed by atoms with E-state index >= 15 is 0 Å². The van der Waals surface area contributed by atoms with Gasteiger partial charge in [-0.05, 0) is 19.4 Å². The normalized spacial score (nSPS) is 11.1. The van der Waals surface area contributed by atoms with Crippen molar-refractivity contribution in [3.8, 4) is 0 Å². The molecule has 0 unspecified atom stereocenters. The Morgan fingerprint density at radius 1 is 1.13 bits per heavy atom. The van der Waals surface area contributed by atoms with Crippen LogP contribution in [0.2, 0.25) is 0 Å². The van der Waals surface area contributed by atoms with Crippen LogP contribution in [0.15, 0.2) is 36.7 Å². The van der Waals surface area contributed by atoms with E-state index in [1.54, 1.807) is 0 Å². The number of rotatable bonds is 6. The molecule has 0 aliphatic rings. The van der Waals surface area contributed by atoms with Crippen molar-refractivity contribution >= 4 is 0 Å². The fourth-order valence-electron chi connectivity index (χ4n) is 2.87. The van der Waals surface area contributed by atoms with Gasteiger partial charge in [-0.2, -0.15) is 5.10 Å². The summed E-state index contributed by atoms with van der Waals surface area (Å²) in [5.41, 5.74) is 2.53. The molecule has 120 valence electrons. The summed E-state index contributed by atoms with van der Waals surface area (Å²) in [6.07, 6.45) is 5.70. The van der Waals surface area contributed by atoms with E-state index in [1.165, 1.54) is 11.1 Å². The summed E-state index contributed by atoms with van der Waals surface area (Å²) in [6, 6.07) is 8.54. The van der Waals surface area contributed by atoms with Crippen molar-refractivity contribution in [3.63, 3.8) is 0 Å². The van der Waals surface area contributed by atoms with Gasteiger partial charge in [-0.3, -0.25) is 0 Å². The molecule has 0 radical (unpaired) electrons. The highest BCUT2D eigenvalue weighted by Crippen LogP contribution is 2.09. The smallest absolute Gasteiger partial charge is 0.147 e. The maximum absolute atomic E-state index is 4.60. The molecule has 0 spiro atoms. The van der Waals surface area contributed by atoms with Crippen molar-refractivity contribution in [1.82, 2.24) is 24.3 Å². The summed E-state index contributed by atoms with van der Waals surface area (Å²) in [4.78, 5) is 8.97. The van der Waals surface area contributed by atoms with Crippen LogP contribution in [0.5, 0.6) is 0 Å². The minimum absolute atomic E-state index is 0.766. The standard InChI is InChI=1S/C18H23N5/c1-4-17-19-9-11-22(17)10-8-18-20-15(3)21-23(18)13-16-7-5-6-14(2)12-16/h5-7,9,11-12H,4,8,10,13H2,1-3H3. The van der Waals surface area contributed by atoms with Gasteiger partial charge in [0.1, 0.15) is 17.5 Å². The van der Waals surface area contributed by atoms with E-state index in [0.717, 1.165) is 43.4 Å². The average molecular weight is 309 g/mol. The Morgan fingerprint density at radius 2 is 2.00 bits per heavy atom. The summed E-state index contributed by atoms with van der Waals surface area (Å²) in [7, 11) is 0. The highest BCUT2D eigenvalue weighted by molar-refractivity contribution is 5.22. The van der Waals surface area contributed by atoms with Gasteiger partial charge < -0.3 is 4.57 Å². The molecule has 3 rings (SSSR count). The molecule has 0 N–H and O–H groups in total. The van der Waals surface area contributed by atoms with E-state index in [9.17, 15) is 0 Å². The third-order valence-electron chi connectivity index (χ3n) is 3.96. The number of nitrogens with zero attached hydrogens (tertiary/aromatic N) is 5. The van der Waals surface area contributed by atoms with Crippen LogP contribution < -0.4 is 0 Å². The molecule has 5 heteroatoms. The van der Waals surface area contributed by atoms with Gasteiger partial charge in [0.05, 0.1) is 6.54 Å². The molecule has 0 atom stereocenters. The first kappa shape index (κ1) is 15.5. The molecule has 3 aromatic rings. The van der Waals surface area contributed by atoms with Crippen LogP contribution in [-0.4, -0.2) is 24.3 Å². The van der Waals surface area contributed by atoms with Gasteiger partial charge in [-0.1, -0.05) is 36.8 Å². The first-order valence-electron chi connectivity index (χ1n) is 8.11. The van der Waals surface area contributed by atoms with Gasteiger partial charge in [-0.15, -0.1) is 0 Å². The molecule has 0 aliphatic heterocycles. The van der Waals surface area contributed by atoms with Crippen molar-refractivity contribution in [2.75, 3.05) is 0 Å². The van der Waals surface area contributed by atoms with E-state index in [2.05, 4.69) is 57.7 Å². The van der Waals surface area contributed by atoms with Crippen molar-refractivity contribution < 1.29 is 0 Å². The fraction of sp³-hybridized carbons (Fsp3) is 0.389. The molecule has 1 aromatic carbocycles. The van der Waals surface area contributed by atoms with Crippen LogP contribution in [0.1, 0.15) is 35.5 Å².